The maximum absolute atomic E-state index is 12.7. The second kappa shape index (κ2) is 8.13. The molecule has 1 aliphatic heterocycles. The minimum atomic E-state index is 0.0583. The molecule has 0 aliphatic carbocycles. The Morgan fingerprint density at radius 2 is 1.94 bits per heavy atom. The maximum atomic E-state index is 12.7. The van der Waals surface area contributed by atoms with Crippen molar-refractivity contribution in [2.75, 3.05) is 13.1 Å². The quantitative estimate of drug-likeness (QED) is 0.357. The predicted octanol–water partition coefficient (Wildman–Crippen LogP) is 4.97. The normalized spacial score (nSPS) is 15.1. The summed E-state index contributed by atoms with van der Waals surface area (Å²) in [4.78, 5) is 22.7. The average Bonchev–Trinajstić information content (AvgIpc) is 3.62. The lowest BCUT2D eigenvalue weighted by Gasteiger charge is -2.32. The van der Waals surface area contributed by atoms with Crippen molar-refractivity contribution < 1.29 is 4.79 Å². The zero-order chi connectivity index (χ0) is 23.2. The number of hydrogen-bond acceptors (Lipinski definition) is 4. The Bertz CT molecular complexity index is 1470. The Balaban J connectivity index is 1.32. The van der Waals surface area contributed by atoms with Crippen LogP contribution in [0.4, 0.5) is 0 Å². The number of H-pyrrole nitrogens is 3. The fourth-order valence-corrected chi connectivity index (χ4v) is 5.33. The molecule has 0 bridgehead atoms. The predicted molar refractivity (Wildman–Crippen MR) is 132 cm³/mol. The molecule has 4 aromatic heterocycles. The van der Waals surface area contributed by atoms with Crippen molar-refractivity contribution in [2.24, 2.45) is 0 Å². The van der Waals surface area contributed by atoms with Gasteiger partial charge in [0.25, 0.3) is 5.91 Å². The number of nitrogens with zero attached hydrogens (tertiary/aromatic N) is 4. The van der Waals surface area contributed by atoms with E-state index < -0.39 is 0 Å². The van der Waals surface area contributed by atoms with Crippen molar-refractivity contribution in [3.8, 4) is 11.3 Å². The van der Waals surface area contributed by atoms with Crippen molar-refractivity contribution in [1.82, 2.24) is 35.3 Å². The van der Waals surface area contributed by atoms with Crippen LogP contribution in [0.1, 0.15) is 60.0 Å². The van der Waals surface area contributed by atoms with Gasteiger partial charge in [0.15, 0.2) is 5.65 Å². The largest absolute Gasteiger partial charge is 0.354 e. The zero-order valence-electron chi connectivity index (χ0n) is 19.3. The van der Waals surface area contributed by atoms with Crippen LogP contribution in [-0.2, 0) is 0 Å². The first-order valence-corrected chi connectivity index (χ1v) is 11.8. The van der Waals surface area contributed by atoms with Gasteiger partial charge < -0.3 is 9.88 Å². The van der Waals surface area contributed by atoms with Gasteiger partial charge in [-0.25, -0.2) is 4.98 Å². The van der Waals surface area contributed by atoms with E-state index in [9.17, 15) is 4.79 Å². The minimum absolute atomic E-state index is 0.0583. The number of amides is 1. The van der Waals surface area contributed by atoms with Gasteiger partial charge in [-0.05, 0) is 54.0 Å². The van der Waals surface area contributed by atoms with Crippen LogP contribution in [0.3, 0.4) is 0 Å². The number of fused-ring (bicyclic) bond motifs is 2. The molecule has 34 heavy (non-hydrogen) atoms. The third kappa shape index (κ3) is 3.37. The minimum Gasteiger partial charge on any atom is -0.354 e. The van der Waals surface area contributed by atoms with Gasteiger partial charge in [0.05, 0.1) is 23.7 Å². The van der Waals surface area contributed by atoms with Crippen LogP contribution < -0.4 is 0 Å². The summed E-state index contributed by atoms with van der Waals surface area (Å²) in [6.07, 6.45) is 8.86. The lowest BCUT2D eigenvalue weighted by molar-refractivity contribution is 0.0713. The molecule has 0 spiro atoms. The highest BCUT2D eigenvalue weighted by molar-refractivity contribution is 5.98. The average molecular weight is 454 g/mol. The number of carbonyl (C=O) groups is 1. The van der Waals surface area contributed by atoms with E-state index in [0.717, 1.165) is 53.7 Å². The summed E-state index contributed by atoms with van der Waals surface area (Å²) in [5.74, 6) is 0.851. The lowest BCUT2D eigenvalue weighted by atomic mass is 9.87. The Kier molecular flexibility index (Phi) is 4.94. The van der Waals surface area contributed by atoms with Crippen LogP contribution in [-0.4, -0.2) is 54.3 Å². The van der Waals surface area contributed by atoms with E-state index in [1.165, 1.54) is 16.5 Å². The molecule has 5 heterocycles. The van der Waals surface area contributed by atoms with Crippen LogP contribution in [0.5, 0.6) is 0 Å². The van der Waals surface area contributed by atoms with Gasteiger partial charge in [-0.1, -0.05) is 19.9 Å². The molecule has 6 rings (SSSR count). The van der Waals surface area contributed by atoms with Gasteiger partial charge in [-0.15, -0.1) is 0 Å². The van der Waals surface area contributed by atoms with Crippen LogP contribution in [0.15, 0.2) is 49.1 Å². The SMILES string of the molecule is CC(C)c1c(-c2ccnc3[nH]ncc23)[nH]c2ccc(C3CCN(C(=O)c4cn[nH]c4)CC3)cc12. The van der Waals surface area contributed by atoms with Gasteiger partial charge in [-0.3, -0.25) is 15.0 Å². The first kappa shape index (κ1) is 20.7. The summed E-state index contributed by atoms with van der Waals surface area (Å²) in [5, 5.41) is 16.1. The summed E-state index contributed by atoms with van der Waals surface area (Å²) in [7, 11) is 0. The summed E-state index contributed by atoms with van der Waals surface area (Å²) in [5.41, 5.74) is 7.48. The third-order valence-corrected chi connectivity index (χ3v) is 7.06. The molecule has 8 heteroatoms. The number of pyridine rings is 1. The highest BCUT2D eigenvalue weighted by Crippen LogP contribution is 2.39. The Morgan fingerprint density at radius 3 is 2.71 bits per heavy atom. The third-order valence-electron chi connectivity index (χ3n) is 7.06. The molecule has 0 unspecified atom stereocenters. The molecule has 5 aromatic rings. The second-order valence-electron chi connectivity index (χ2n) is 9.42. The molecule has 1 amide bonds. The van der Waals surface area contributed by atoms with Crippen molar-refractivity contribution in [2.45, 2.75) is 38.5 Å². The molecule has 0 saturated carbocycles. The fraction of sp³-hybridized carbons (Fsp3) is 0.308. The van der Waals surface area contributed by atoms with Crippen LogP contribution >= 0.6 is 0 Å². The van der Waals surface area contributed by atoms with Crippen molar-refractivity contribution in [3.05, 3.63) is 65.7 Å². The highest BCUT2D eigenvalue weighted by atomic mass is 16.2. The zero-order valence-corrected chi connectivity index (χ0v) is 19.3. The molecule has 1 saturated heterocycles. The van der Waals surface area contributed by atoms with E-state index >= 15 is 0 Å². The van der Waals surface area contributed by atoms with Gasteiger partial charge in [-0.2, -0.15) is 10.2 Å². The van der Waals surface area contributed by atoms with Crippen molar-refractivity contribution >= 4 is 27.8 Å². The second-order valence-corrected chi connectivity index (χ2v) is 9.42. The molecule has 1 aliphatic rings. The van der Waals surface area contributed by atoms with E-state index in [-0.39, 0.29) is 5.91 Å². The van der Waals surface area contributed by atoms with Crippen molar-refractivity contribution in [1.29, 1.82) is 0 Å². The summed E-state index contributed by atoms with van der Waals surface area (Å²) in [6.45, 7) is 6.01. The van der Waals surface area contributed by atoms with E-state index in [1.807, 2.05) is 17.3 Å². The topological polar surface area (TPSA) is 106 Å². The molecule has 3 N–H and O–H groups in total. The first-order chi connectivity index (χ1) is 16.6. The lowest BCUT2D eigenvalue weighted by Crippen LogP contribution is -2.37. The van der Waals surface area contributed by atoms with E-state index in [4.69, 9.17) is 0 Å². The number of hydrogen-bond donors (Lipinski definition) is 3. The molecule has 0 atom stereocenters. The monoisotopic (exact) mass is 453 g/mol. The van der Waals surface area contributed by atoms with E-state index in [1.54, 1.807) is 12.4 Å². The molecular formula is C26H27N7O. The molecule has 8 nitrogen and oxygen atoms in total. The number of nitrogens with one attached hydrogen (secondary N) is 3. The number of aromatic amines is 3. The van der Waals surface area contributed by atoms with Gasteiger partial charge in [0.2, 0.25) is 0 Å². The molecule has 1 fully saturated rings. The standard InChI is InChI=1S/C26H27N7O/c1-15(2)23-20-11-17(16-6-9-33(10-7-16)26(34)18-12-28-29-13-18)3-4-22(20)31-24(23)19-5-8-27-25-21(19)14-30-32-25/h3-5,8,11-16,31H,6-7,9-10H2,1-2H3,(H,28,29)(H,27,30,32). The number of benzene rings is 1. The van der Waals surface area contributed by atoms with Gasteiger partial charge in [0, 0.05) is 47.3 Å². The summed E-state index contributed by atoms with van der Waals surface area (Å²) >= 11 is 0. The smallest absolute Gasteiger partial charge is 0.257 e. The van der Waals surface area contributed by atoms with E-state index in [2.05, 4.69) is 68.5 Å². The molecular weight excluding hydrogens is 426 g/mol. The number of piperidine rings is 1. The highest BCUT2D eigenvalue weighted by Gasteiger charge is 2.26. The number of rotatable bonds is 4. The van der Waals surface area contributed by atoms with E-state index in [0.29, 0.717) is 17.4 Å². The Hall–Kier alpha value is -3.94. The maximum Gasteiger partial charge on any atom is 0.257 e. The Morgan fingerprint density at radius 1 is 1.09 bits per heavy atom. The first-order valence-electron chi connectivity index (χ1n) is 11.8. The molecule has 172 valence electrons. The molecule has 0 radical (unpaired) electrons. The van der Waals surface area contributed by atoms with Crippen molar-refractivity contribution in [3.63, 3.8) is 0 Å². The fourth-order valence-electron chi connectivity index (χ4n) is 5.33. The van der Waals surface area contributed by atoms with Gasteiger partial charge >= 0.3 is 0 Å². The summed E-state index contributed by atoms with van der Waals surface area (Å²) < 4.78 is 0. The van der Waals surface area contributed by atoms with Crippen LogP contribution in [0.2, 0.25) is 0 Å². The van der Waals surface area contributed by atoms with Crippen LogP contribution in [0, 0.1) is 0 Å². The Labute approximate surface area is 196 Å². The number of likely N-dealkylation sites (tertiary alicyclic amines) is 1. The number of carbonyl (C=O) groups excluding carboxylic acids is 1. The molecule has 1 aromatic carbocycles. The van der Waals surface area contributed by atoms with Crippen LogP contribution in [0.25, 0.3) is 33.2 Å². The number of aromatic nitrogens is 6. The summed E-state index contributed by atoms with van der Waals surface area (Å²) in [6, 6.07) is 8.86. The van der Waals surface area contributed by atoms with Gasteiger partial charge in [0.1, 0.15) is 0 Å².